The first-order chi connectivity index (χ1) is 10.1. The summed E-state index contributed by atoms with van der Waals surface area (Å²) in [6, 6.07) is 7.69. The monoisotopic (exact) mass is 351 g/mol. The zero-order valence-electron chi connectivity index (χ0n) is 12.9. The maximum absolute atomic E-state index is 5.89. The molecule has 2 aliphatic rings. The Morgan fingerprint density at radius 1 is 1.29 bits per heavy atom. The van der Waals surface area contributed by atoms with Crippen molar-refractivity contribution in [1.82, 2.24) is 4.90 Å². The normalized spacial score (nSPS) is 24.7. The molecule has 2 heterocycles. The number of hydrogen-bond donors (Lipinski definition) is 1. The van der Waals surface area contributed by atoms with E-state index in [1.54, 1.807) is 0 Å². The van der Waals surface area contributed by atoms with Crippen molar-refractivity contribution in [3.05, 3.63) is 28.2 Å². The molecular weight excluding hydrogens is 326 g/mol. The van der Waals surface area contributed by atoms with Crippen molar-refractivity contribution >= 4 is 21.6 Å². The Balaban J connectivity index is 1.67. The Bertz CT molecular complexity index is 483. The number of likely N-dealkylation sites (tertiary alicyclic amines) is 1. The second kappa shape index (κ2) is 6.67. The summed E-state index contributed by atoms with van der Waals surface area (Å²) in [6.45, 7) is 7.00. The summed E-state index contributed by atoms with van der Waals surface area (Å²) < 4.78 is 1.21. The lowest BCUT2D eigenvalue weighted by Crippen LogP contribution is -2.35. The summed E-state index contributed by atoms with van der Waals surface area (Å²) >= 11 is 3.75. The molecule has 2 atom stereocenters. The van der Waals surface area contributed by atoms with E-state index in [1.165, 1.54) is 61.2 Å². The first-order valence-electron chi connectivity index (χ1n) is 8.16. The Labute approximate surface area is 136 Å². The van der Waals surface area contributed by atoms with Crippen molar-refractivity contribution in [2.45, 2.75) is 44.7 Å². The molecule has 0 aromatic heterocycles. The fourth-order valence-corrected chi connectivity index (χ4v) is 4.35. The molecule has 0 spiro atoms. The highest BCUT2D eigenvalue weighted by molar-refractivity contribution is 9.10. The standard InChI is InChI=1S/C17H26BrN3/c1-13(19)10-14-4-5-17(16(18)11-14)21-9-6-15(12-21)20-7-2-3-8-20/h4-5,11,13,15H,2-3,6-10,12,19H2,1H3. The van der Waals surface area contributed by atoms with Gasteiger partial charge in [-0.25, -0.2) is 0 Å². The maximum Gasteiger partial charge on any atom is 0.0511 e. The van der Waals surface area contributed by atoms with E-state index in [0.717, 1.165) is 12.5 Å². The third-order valence-electron chi connectivity index (χ3n) is 4.73. The molecule has 4 heteroatoms. The molecule has 116 valence electrons. The van der Waals surface area contributed by atoms with Crippen LogP contribution in [0.1, 0.15) is 31.7 Å². The lowest BCUT2D eigenvalue weighted by atomic mass is 10.1. The predicted octanol–water partition coefficient (Wildman–Crippen LogP) is 3.01. The quantitative estimate of drug-likeness (QED) is 0.904. The van der Waals surface area contributed by atoms with Crippen LogP contribution in [0.2, 0.25) is 0 Å². The van der Waals surface area contributed by atoms with Crippen molar-refractivity contribution in [2.24, 2.45) is 5.73 Å². The van der Waals surface area contributed by atoms with Crippen LogP contribution >= 0.6 is 15.9 Å². The zero-order valence-corrected chi connectivity index (χ0v) is 14.5. The van der Waals surface area contributed by atoms with Crippen LogP contribution in [-0.4, -0.2) is 43.2 Å². The third-order valence-corrected chi connectivity index (χ3v) is 5.37. The Kier molecular flexibility index (Phi) is 4.87. The molecule has 1 aromatic carbocycles. The van der Waals surface area contributed by atoms with Gasteiger partial charge in [0.25, 0.3) is 0 Å². The summed E-state index contributed by atoms with van der Waals surface area (Å²) in [5, 5.41) is 0. The van der Waals surface area contributed by atoms with Crippen molar-refractivity contribution in [2.75, 3.05) is 31.1 Å². The maximum atomic E-state index is 5.89. The second-order valence-corrected chi connectivity index (χ2v) is 7.45. The highest BCUT2D eigenvalue weighted by Crippen LogP contribution is 2.32. The fraction of sp³-hybridized carbons (Fsp3) is 0.647. The molecule has 2 saturated heterocycles. The Hall–Kier alpha value is -0.580. The van der Waals surface area contributed by atoms with Gasteiger partial charge in [-0.3, -0.25) is 4.90 Å². The van der Waals surface area contributed by atoms with Gasteiger partial charge in [0.2, 0.25) is 0 Å². The lowest BCUT2D eigenvalue weighted by molar-refractivity contribution is 0.260. The molecule has 2 N–H and O–H groups in total. The van der Waals surface area contributed by atoms with Crippen molar-refractivity contribution in [3.63, 3.8) is 0 Å². The minimum absolute atomic E-state index is 0.217. The molecule has 21 heavy (non-hydrogen) atoms. The SMILES string of the molecule is CC(N)Cc1ccc(N2CCC(N3CCCC3)C2)c(Br)c1. The van der Waals surface area contributed by atoms with Gasteiger partial charge in [0, 0.05) is 29.6 Å². The number of rotatable bonds is 4. The van der Waals surface area contributed by atoms with Gasteiger partial charge in [0.1, 0.15) is 0 Å². The number of nitrogens with two attached hydrogens (primary N) is 1. The average molecular weight is 352 g/mol. The largest absolute Gasteiger partial charge is 0.369 e. The van der Waals surface area contributed by atoms with Crippen LogP contribution < -0.4 is 10.6 Å². The predicted molar refractivity (Wildman–Crippen MR) is 92.9 cm³/mol. The van der Waals surface area contributed by atoms with Crippen LogP contribution in [0, 0.1) is 0 Å². The van der Waals surface area contributed by atoms with Gasteiger partial charge in [0.15, 0.2) is 0 Å². The molecule has 1 aromatic rings. The van der Waals surface area contributed by atoms with Gasteiger partial charge < -0.3 is 10.6 Å². The molecule has 3 nitrogen and oxygen atoms in total. The topological polar surface area (TPSA) is 32.5 Å². The molecule has 0 amide bonds. The number of nitrogens with zero attached hydrogens (tertiary/aromatic N) is 2. The van der Waals surface area contributed by atoms with E-state index in [2.05, 4.69) is 50.9 Å². The van der Waals surface area contributed by atoms with Crippen molar-refractivity contribution < 1.29 is 0 Å². The molecule has 3 rings (SSSR count). The summed E-state index contributed by atoms with van der Waals surface area (Å²) in [4.78, 5) is 5.21. The highest BCUT2D eigenvalue weighted by atomic mass is 79.9. The van der Waals surface area contributed by atoms with E-state index in [0.29, 0.717) is 0 Å². The number of benzene rings is 1. The van der Waals surface area contributed by atoms with Gasteiger partial charge in [-0.2, -0.15) is 0 Å². The van der Waals surface area contributed by atoms with Crippen LogP contribution in [-0.2, 0) is 6.42 Å². The first kappa shape index (κ1) is 15.3. The first-order valence-corrected chi connectivity index (χ1v) is 8.96. The van der Waals surface area contributed by atoms with E-state index >= 15 is 0 Å². The molecule has 0 bridgehead atoms. The van der Waals surface area contributed by atoms with Gasteiger partial charge in [0.05, 0.1) is 5.69 Å². The third kappa shape index (κ3) is 3.61. The van der Waals surface area contributed by atoms with Gasteiger partial charge >= 0.3 is 0 Å². The van der Waals surface area contributed by atoms with Crippen LogP contribution in [0.25, 0.3) is 0 Å². The van der Waals surface area contributed by atoms with E-state index in [1.807, 2.05) is 0 Å². The molecule has 0 radical (unpaired) electrons. The minimum atomic E-state index is 0.217. The van der Waals surface area contributed by atoms with Crippen LogP contribution in [0.3, 0.4) is 0 Å². The van der Waals surface area contributed by atoms with E-state index < -0.39 is 0 Å². The molecule has 0 aliphatic carbocycles. The van der Waals surface area contributed by atoms with Gasteiger partial charge in [-0.15, -0.1) is 0 Å². The second-order valence-electron chi connectivity index (χ2n) is 6.60. The van der Waals surface area contributed by atoms with Crippen LogP contribution in [0.15, 0.2) is 22.7 Å². The van der Waals surface area contributed by atoms with E-state index in [4.69, 9.17) is 5.73 Å². The summed E-state index contributed by atoms with van der Waals surface area (Å²) in [5.74, 6) is 0. The number of anilines is 1. The Morgan fingerprint density at radius 2 is 2.05 bits per heavy atom. The molecular formula is C17H26BrN3. The van der Waals surface area contributed by atoms with E-state index in [-0.39, 0.29) is 6.04 Å². The minimum Gasteiger partial charge on any atom is -0.369 e. The van der Waals surface area contributed by atoms with E-state index in [9.17, 15) is 0 Å². The van der Waals surface area contributed by atoms with Crippen LogP contribution in [0.5, 0.6) is 0 Å². The summed E-state index contributed by atoms with van der Waals surface area (Å²) in [7, 11) is 0. The van der Waals surface area contributed by atoms with Crippen molar-refractivity contribution in [1.29, 1.82) is 0 Å². The van der Waals surface area contributed by atoms with Crippen molar-refractivity contribution in [3.8, 4) is 0 Å². The molecule has 2 fully saturated rings. The Morgan fingerprint density at radius 3 is 2.71 bits per heavy atom. The summed E-state index contributed by atoms with van der Waals surface area (Å²) in [5.41, 5.74) is 8.55. The summed E-state index contributed by atoms with van der Waals surface area (Å²) in [6.07, 6.45) is 5.00. The molecule has 0 saturated carbocycles. The highest BCUT2D eigenvalue weighted by Gasteiger charge is 2.29. The van der Waals surface area contributed by atoms with Crippen LogP contribution in [0.4, 0.5) is 5.69 Å². The molecule has 2 aliphatic heterocycles. The van der Waals surface area contributed by atoms with Gasteiger partial charge in [-0.1, -0.05) is 6.07 Å². The number of halogens is 1. The zero-order chi connectivity index (χ0) is 14.8. The molecule has 2 unspecified atom stereocenters. The lowest BCUT2D eigenvalue weighted by Gasteiger charge is -2.25. The smallest absolute Gasteiger partial charge is 0.0511 e. The fourth-order valence-electron chi connectivity index (χ4n) is 3.67. The number of hydrogen-bond acceptors (Lipinski definition) is 3. The average Bonchev–Trinajstić information content (AvgIpc) is 3.09. The van der Waals surface area contributed by atoms with Gasteiger partial charge in [-0.05, 0) is 79.3 Å².